The highest BCUT2D eigenvalue weighted by molar-refractivity contribution is 5.95. The summed E-state index contributed by atoms with van der Waals surface area (Å²) < 4.78 is 5.82. The number of aryl methyl sites for hydroxylation is 1. The lowest BCUT2D eigenvalue weighted by molar-refractivity contribution is -0.117. The Kier molecular flexibility index (Phi) is 6.52. The monoisotopic (exact) mass is 467 g/mol. The van der Waals surface area contributed by atoms with Gasteiger partial charge < -0.3 is 15.4 Å². The van der Waals surface area contributed by atoms with Gasteiger partial charge in [-0.15, -0.1) is 0 Å². The zero-order valence-corrected chi connectivity index (χ0v) is 19.1. The molecule has 5 rings (SSSR count). The Morgan fingerprint density at radius 2 is 1.83 bits per heavy atom. The van der Waals surface area contributed by atoms with Gasteiger partial charge in [0.05, 0.1) is 12.3 Å². The zero-order valence-electron chi connectivity index (χ0n) is 19.1. The molecule has 0 saturated carbocycles. The fourth-order valence-corrected chi connectivity index (χ4v) is 3.98. The van der Waals surface area contributed by atoms with Crippen LogP contribution >= 0.6 is 0 Å². The van der Waals surface area contributed by atoms with Crippen LogP contribution in [0, 0.1) is 0 Å². The molecule has 4 aromatic rings. The van der Waals surface area contributed by atoms with E-state index >= 15 is 0 Å². The molecule has 0 spiro atoms. The molecule has 0 unspecified atom stereocenters. The van der Waals surface area contributed by atoms with Crippen molar-refractivity contribution in [2.24, 2.45) is 0 Å². The number of anilines is 2. The van der Waals surface area contributed by atoms with Crippen LogP contribution in [0.5, 0.6) is 5.75 Å². The SMILES string of the molecule is O=C1CCc2cc(OCCCC(=O)Nc3ccccc3-c3nc(-c4ccccc4)n[nH]3)ccc2N1. The van der Waals surface area contributed by atoms with Gasteiger partial charge in [0.1, 0.15) is 5.75 Å². The number of nitrogens with zero attached hydrogens (tertiary/aromatic N) is 2. The molecule has 3 aromatic carbocycles. The summed E-state index contributed by atoms with van der Waals surface area (Å²) in [5.74, 6) is 1.87. The van der Waals surface area contributed by atoms with Crippen LogP contribution in [0.15, 0.2) is 72.8 Å². The minimum absolute atomic E-state index is 0.0405. The van der Waals surface area contributed by atoms with Crippen molar-refractivity contribution >= 4 is 23.2 Å². The van der Waals surface area contributed by atoms with Gasteiger partial charge in [-0.3, -0.25) is 14.7 Å². The second-order valence-corrected chi connectivity index (χ2v) is 8.29. The average molecular weight is 468 g/mol. The number of amides is 2. The maximum atomic E-state index is 12.6. The van der Waals surface area contributed by atoms with E-state index in [2.05, 4.69) is 25.8 Å². The molecule has 8 nitrogen and oxygen atoms in total. The van der Waals surface area contributed by atoms with Gasteiger partial charge in [0.2, 0.25) is 11.8 Å². The van der Waals surface area contributed by atoms with Crippen molar-refractivity contribution in [3.63, 3.8) is 0 Å². The van der Waals surface area contributed by atoms with Crippen molar-refractivity contribution in [3.8, 4) is 28.5 Å². The normalized spacial score (nSPS) is 12.5. The van der Waals surface area contributed by atoms with Crippen LogP contribution in [0.3, 0.4) is 0 Å². The number of ether oxygens (including phenoxy) is 1. The molecule has 0 saturated heterocycles. The molecule has 1 aliphatic rings. The van der Waals surface area contributed by atoms with Gasteiger partial charge in [-0.2, -0.15) is 5.10 Å². The van der Waals surface area contributed by atoms with E-state index in [0.717, 1.165) is 28.1 Å². The molecule has 1 aliphatic heterocycles. The lowest BCUT2D eigenvalue weighted by Crippen LogP contribution is -2.18. The molecule has 2 heterocycles. The van der Waals surface area contributed by atoms with Crippen LogP contribution in [0.4, 0.5) is 11.4 Å². The van der Waals surface area contributed by atoms with Crippen molar-refractivity contribution in [1.82, 2.24) is 15.2 Å². The first-order valence-electron chi connectivity index (χ1n) is 11.6. The molecule has 1 aromatic heterocycles. The lowest BCUT2D eigenvalue weighted by atomic mass is 10.0. The minimum Gasteiger partial charge on any atom is -0.494 e. The summed E-state index contributed by atoms with van der Waals surface area (Å²) in [5.41, 5.74) is 4.27. The van der Waals surface area contributed by atoms with Crippen molar-refractivity contribution in [2.45, 2.75) is 25.7 Å². The van der Waals surface area contributed by atoms with E-state index in [1.165, 1.54) is 0 Å². The number of aromatic amines is 1. The third-order valence-electron chi connectivity index (χ3n) is 5.76. The highest BCUT2D eigenvalue weighted by atomic mass is 16.5. The number of benzene rings is 3. The van der Waals surface area contributed by atoms with Gasteiger partial charge in [-0.1, -0.05) is 42.5 Å². The Morgan fingerprint density at radius 1 is 1.00 bits per heavy atom. The highest BCUT2D eigenvalue weighted by Gasteiger charge is 2.16. The molecule has 0 fully saturated rings. The molecule has 3 N–H and O–H groups in total. The smallest absolute Gasteiger partial charge is 0.224 e. The van der Waals surface area contributed by atoms with Gasteiger partial charge >= 0.3 is 0 Å². The standard InChI is InChI=1S/C27H25N5O3/c33-24(11-6-16-35-20-13-14-22-19(17-20)12-15-25(34)28-22)29-23-10-5-4-9-21(23)27-30-26(31-32-27)18-7-2-1-3-8-18/h1-5,7-10,13-14,17H,6,11-12,15-16H2,(H,28,34)(H,29,33)(H,30,31,32). The van der Waals surface area contributed by atoms with E-state index in [1.807, 2.05) is 72.8 Å². The first-order valence-corrected chi connectivity index (χ1v) is 11.6. The number of aromatic nitrogens is 3. The van der Waals surface area contributed by atoms with Gasteiger partial charge in [-0.25, -0.2) is 4.98 Å². The van der Waals surface area contributed by atoms with Gasteiger partial charge in [0.25, 0.3) is 0 Å². The van der Waals surface area contributed by atoms with E-state index in [0.29, 0.717) is 49.6 Å². The van der Waals surface area contributed by atoms with Crippen molar-refractivity contribution in [1.29, 1.82) is 0 Å². The number of carbonyl (C=O) groups is 2. The zero-order chi connectivity index (χ0) is 24.0. The second kappa shape index (κ2) is 10.2. The number of hydrogen-bond acceptors (Lipinski definition) is 5. The summed E-state index contributed by atoms with van der Waals surface area (Å²) in [7, 11) is 0. The Hall–Kier alpha value is -4.46. The number of rotatable bonds is 8. The maximum absolute atomic E-state index is 12.6. The summed E-state index contributed by atoms with van der Waals surface area (Å²) in [5, 5.41) is 13.1. The van der Waals surface area contributed by atoms with Crippen LogP contribution < -0.4 is 15.4 Å². The predicted molar refractivity (Wildman–Crippen MR) is 134 cm³/mol. The van der Waals surface area contributed by atoms with E-state index in [9.17, 15) is 9.59 Å². The van der Waals surface area contributed by atoms with Crippen molar-refractivity contribution < 1.29 is 14.3 Å². The topological polar surface area (TPSA) is 109 Å². The van der Waals surface area contributed by atoms with Gasteiger partial charge in [-0.05, 0) is 48.7 Å². The number of hydrogen-bond donors (Lipinski definition) is 3. The molecule has 176 valence electrons. The number of nitrogens with one attached hydrogen (secondary N) is 3. The Morgan fingerprint density at radius 3 is 2.71 bits per heavy atom. The van der Waals surface area contributed by atoms with Crippen LogP contribution in [0.2, 0.25) is 0 Å². The lowest BCUT2D eigenvalue weighted by Gasteiger charge is -2.17. The number of carbonyl (C=O) groups excluding carboxylic acids is 2. The van der Waals surface area contributed by atoms with Crippen LogP contribution in [-0.2, 0) is 16.0 Å². The molecule has 0 aliphatic carbocycles. The summed E-state index contributed by atoms with van der Waals surface area (Å²) in [4.78, 5) is 28.7. The van der Waals surface area contributed by atoms with Gasteiger partial charge in [0.15, 0.2) is 11.6 Å². The van der Waals surface area contributed by atoms with Crippen LogP contribution in [0.25, 0.3) is 22.8 Å². The Labute approximate surface area is 202 Å². The molecular weight excluding hydrogens is 442 g/mol. The third kappa shape index (κ3) is 5.38. The summed E-state index contributed by atoms with van der Waals surface area (Å²) in [6.07, 6.45) is 2.08. The molecule has 0 bridgehead atoms. The molecule has 8 heteroatoms. The third-order valence-corrected chi connectivity index (χ3v) is 5.76. The van der Waals surface area contributed by atoms with Crippen molar-refractivity contribution in [3.05, 3.63) is 78.4 Å². The van der Waals surface area contributed by atoms with E-state index in [4.69, 9.17) is 4.74 Å². The second-order valence-electron chi connectivity index (χ2n) is 8.29. The molecule has 0 atom stereocenters. The Balaban J connectivity index is 1.16. The average Bonchev–Trinajstić information content (AvgIpc) is 3.38. The summed E-state index contributed by atoms with van der Waals surface area (Å²) >= 11 is 0. The predicted octanol–water partition coefficient (Wildman–Crippen LogP) is 4.82. The van der Waals surface area contributed by atoms with Gasteiger partial charge in [0, 0.05) is 29.7 Å². The minimum atomic E-state index is -0.1000. The van der Waals surface area contributed by atoms with E-state index in [-0.39, 0.29) is 11.8 Å². The largest absolute Gasteiger partial charge is 0.494 e. The van der Waals surface area contributed by atoms with Crippen LogP contribution in [-0.4, -0.2) is 33.6 Å². The first kappa shape index (κ1) is 22.3. The quantitative estimate of drug-likeness (QED) is 0.322. The number of para-hydroxylation sites is 1. The molecule has 0 radical (unpaired) electrons. The number of fused-ring (bicyclic) bond motifs is 1. The summed E-state index contributed by atoms with van der Waals surface area (Å²) in [6.45, 7) is 0.419. The molecule has 2 amide bonds. The van der Waals surface area contributed by atoms with E-state index in [1.54, 1.807) is 0 Å². The molecule has 35 heavy (non-hydrogen) atoms. The maximum Gasteiger partial charge on any atom is 0.224 e. The van der Waals surface area contributed by atoms with Crippen molar-refractivity contribution in [2.75, 3.05) is 17.2 Å². The van der Waals surface area contributed by atoms with E-state index < -0.39 is 0 Å². The number of H-pyrrole nitrogens is 1. The highest BCUT2D eigenvalue weighted by Crippen LogP contribution is 2.28. The molecular formula is C27H25N5O3. The van der Waals surface area contributed by atoms with Crippen LogP contribution in [0.1, 0.15) is 24.8 Å². The first-order chi connectivity index (χ1) is 17.2. The Bertz CT molecular complexity index is 1350. The fourth-order valence-electron chi connectivity index (χ4n) is 3.98. The summed E-state index contributed by atoms with van der Waals surface area (Å²) in [6, 6.07) is 22.9. The fraction of sp³-hybridized carbons (Fsp3) is 0.185.